The largest absolute Gasteiger partial charge is 0.490 e. The average Bonchev–Trinajstić information content (AvgIpc) is 3.22. The van der Waals surface area contributed by atoms with E-state index in [1.165, 1.54) is 11.6 Å². The van der Waals surface area contributed by atoms with Gasteiger partial charge in [0.15, 0.2) is 0 Å². The van der Waals surface area contributed by atoms with Crippen LogP contribution in [0.4, 0.5) is 17.6 Å². The highest BCUT2D eigenvalue weighted by Gasteiger charge is 2.38. The number of amides is 1. The fraction of sp³-hybridized carbons (Fsp3) is 0.292. The van der Waals surface area contributed by atoms with Crippen LogP contribution in [0.1, 0.15) is 28.5 Å². The second-order valence-electron chi connectivity index (χ2n) is 7.71. The Balaban J connectivity index is 0.000000429. The number of hydrogen-bond donors (Lipinski definition) is 2. The first-order valence-corrected chi connectivity index (χ1v) is 10.7. The lowest BCUT2D eigenvalue weighted by Crippen LogP contribution is -2.33. The van der Waals surface area contributed by atoms with Crippen LogP contribution in [0.5, 0.6) is 0 Å². The van der Waals surface area contributed by atoms with Crippen LogP contribution in [0.25, 0.3) is 0 Å². The van der Waals surface area contributed by atoms with Gasteiger partial charge < -0.3 is 15.2 Å². The van der Waals surface area contributed by atoms with E-state index in [9.17, 15) is 22.4 Å². The highest BCUT2D eigenvalue weighted by atomic mass is 19.4. The minimum absolute atomic E-state index is 0.00863. The number of carbonyl (C=O) groups excluding carboxylic acids is 1. The van der Waals surface area contributed by atoms with Crippen LogP contribution in [0, 0.1) is 5.82 Å². The summed E-state index contributed by atoms with van der Waals surface area (Å²) in [5, 5.41) is 14.7. The molecule has 1 aliphatic rings. The standard InChI is InChI=1S/C22H22FN3O2.C2HF3O2/c23-19-9-5-4-8-17(19)12-21(27)24-13-20-22-18(10-11-28-20)15-26(25-22)14-16-6-2-1-3-7-16;3-2(4,5)1(6)7/h1-9,15,20H,10-14H2,(H,24,27);(H,6,7). The fourth-order valence-electron chi connectivity index (χ4n) is 3.42. The van der Waals surface area contributed by atoms with Crippen molar-refractivity contribution >= 4 is 11.9 Å². The molecule has 7 nitrogen and oxygen atoms in total. The van der Waals surface area contributed by atoms with Gasteiger partial charge in [0.25, 0.3) is 0 Å². The quantitative estimate of drug-likeness (QED) is 0.511. The van der Waals surface area contributed by atoms with Gasteiger partial charge in [0.1, 0.15) is 11.9 Å². The minimum Gasteiger partial charge on any atom is -0.475 e. The molecule has 3 aromatic rings. The normalized spacial score (nSPS) is 14.9. The van der Waals surface area contributed by atoms with Crippen LogP contribution in [0.2, 0.25) is 0 Å². The van der Waals surface area contributed by atoms with E-state index in [2.05, 4.69) is 28.7 Å². The molecule has 1 atom stereocenters. The molecule has 2 N–H and O–H groups in total. The second-order valence-corrected chi connectivity index (χ2v) is 7.71. The number of ether oxygens (including phenoxy) is 1. The lowest BCUT2D eigenvalue weighted by Gasteiger charge is -2.22. The van der Waals surface area contributed by atoms with Gasteiger partial charge in [-0.25, -0.2) is 9.18 Å². The van der Waals surface area contributed by atoms with Gasteiger partial charge in [0.2, 0.25) is 5.91 Å². The number of aromatic nitrogens is 2. The zero-order valence-corrected chi connectivity index (χ0v) is 18.5. The molecule has 35 heavy (non-hydrogen) atoms. The van der Waals surface area contributed by atoms with Crippen molar-refractivity contribution < 1.29 is 37.0 Å². The van der Waals surface area contributed by atoms with Gasteiger partial charge in [-0.05, 0) is 29.2 Å². The van der Waals surface area contributed by atoms with Crippen molar-refractivity contribution in [1.82, 2.24) is 15.1 Å². The number of benzene rings is 2. The lowest BCUT2D eigenvalue weighted by molar-refractivity contribution is -0.192. The molecule has 0 saturated carbocycles. The van der Waals surface area contributed by atoms with Crippen LogP contribution < -0.4 is 5.32 Å². The second kappa shape index (κ2) is 11.6. The van der Waals surface area contributed by atoms with Crippen LogP contribution in [0.15, 0.2) is 60.8 Å². The maximum atomic E-state index is 13.7. The van der Waals surface area contributed by atoms with Crippen molar-refractivity contribution in [1.29, 1.82) is 0 Å². The van der Waals surface area contributed by atoms with Crippen molar-refractivity contribution in [2.24, 2.45) is 0 Å². The van der Waals surface area contributed by atoms with Crippen molar-refractivity contribution in [2.45, 2.75) is 31.7 Å². The van der Waals surface area contributed by atoms with E-state index in [0.717, 1.165) is 17.7 Å². The summed E-state index contributed by atoms with van der Waals surface area (Å²) >= 11 is 0. The van der Waals surface area contributed by atoms with Gasteiger partial charge in [-0.15, -0.1) is 0 Å². The van der Waals surface area contributed by atoms with Crippen LogP contribution in [-0.2, 0) is 33.7 Å². The van der Waals surface area contributed by atoms with E-state index >= 15 is 0 Å². The lowest BCUT2D eigenvalue weighted by atomic mass is 10.1. The third-order valence-corrected chi connectivity index (χ3v) is 5.09. The van der Waals surface area contributed by atoms with Crippen LogP contribution >= 0.6 is 0 Å². The summed E-state index contributed by atoms with van der Waals surface area (Å²) in [4.78, 5) is 21.1. The number of aliphatic carboxylic acids is 1. The fourth-order valence-corrected chi connectivity index (χ4v) is 3.42. The molecule has 4 rings (SSSR count). The average molecular weight is 493 g/mol. The summed E-state index contributed by atoms with van der Waals surface area (Å²) in [7, 11) is 0. The Hall–Kier alpha value is -3.73. The number of hydrogen-bond acceptors (Lipinski definition) is 4. The van der Waals surface area contributed by atoms with Crippen molar-refractivity contribution in [2.75, 3.05) is 13.2 Å². The van der Waals surface area contributed by atoms with E-state index < -0.39 is 12.1 Å². The first-order chi connectivity index (χ1) is 16.6. The Bertz CT molecular complexity index is 1150. The summed E-state index contributed by atoms with van der Waals surface area (Å²) in [5.74, 6) is -3.36. The summed E-state index contributed by atoms with van der Waals surface area (Å²) in [6.07, 6.45) is -2.50. The molecule has 0 fully saturated rings. The monoisotopic (exact) mass is 493 g/mol. The molecule has 0 aliphatic carbocycles. The number of carbonyl (C=O) groups is 2. The van der Waals surface area contributed by atoms with Gasteiger partial charge in [-0.1, -0.05) is 48.5 Å². The zero-order chi connectivity index (χ0) is 25.4. The Labute approximate surface area is 198 Å². The van der Waals surface area contributed by atoms with E-state index in [1.54, 1.807) is 18.2 Å². The third-order valence-electron chi connectivity index (χ3n) is 5.09. The van der Waals surface area contributed by atoms with Gasteiger partial charge in [-0.2, -0.15) is 18.3 Å². The molecule has 1 amide bonds. The number of carboxylic acids is 1. The molecule has 11 heteroatoms. The molecule has 2 heterocycles. The molecule has 0 saturated heterocycles. The van der Waals surface area contributed by atoms with E-state index in [1.807, 2.05) is 22.9 Å². The topological polar surface area (TPSA) is 93.5 Å². The Morgan fingerprint density at radius 3 is 2.43 bits per heavy atom. The first kappa shape index (κ1) is 25.9. The molecular formula is C24H23F4N3O4. The molecule has 0 bridgehead atoms. The summed E-state index contributed by atoms with van der Waals surface area (Å²) in [6.45, 7) is 1.61. The van der Waals surface area contributed by atoms with E-state index in [4.69, 9.17) is 14.6 Å². The van der Waals surface area contributed by atoms with Gasteiger partial charge in [0.05, 0.1) is 25.3 Å². The number of halogens is 4. The predicted molar refractivity (Wildman–Crippen MR) is 117 cm³/mol. The molecule has 186 valence electrons. The van der Waals surface area contributed by atoms with E-state index in [0.29, 0.717) is 25.3 Å². The number of alkyl halides is 3. The van der Waals surface area contributed by atoms with Gasteiger partial charge in [-0.3, -0.25) is 9.48 Å². The molecule has 1 aromatic heterocycles. The van der Waals surface area contributed by atoms with Crippen molar-refractivity contribution in [3.63, 3.8) is 0 Å². The SMILES string of the molecule is O=C(Cc1ccccc1F)NCC1OCCc2cn(Cc3ccccc3)nc21.O=C(O)C(F)(F)F. The Kier molecular flexibility index (Phi) is 8.58. The number of carboxylic acid groups (broad SMARTS) is 1. The van der Waals surface area contributed by atoms with Crippen molar-refractivity contribution in [3.8, 4) is 0 Å². The highest BCUT2D eigenvalue weighted by Crippen LogP contribution is 2.25. The third kappa shape index (κ3) is 7.64. The summed E-state index contributed by atoms with van der Waals surface area (Å²) < 4.78 is 53.2. The summed E-state index contributed by atoms with van der Waals surface area (Å²) in [6, 6.07) is 16.5. The molecule has 0 spiro atoms. The van der Waals surface area contributed by atoms with Crippen molar-refractivity contribution in [3.05, 3.63) is 89.0 Å². The molecule has 1 aliphatic heterocycles. The summed E-state index contributed by atoms with van der Waals surface area (Å²) in [5.41, 5.74) is 3.58. The number of fused-ring (bicyclic) bond motifs is 1. The van der Waals surface area contributed by atoms with Gasteiger partial charge >= 0.3 is 12.1 Å². The maximum absolute atomic E-state index is 13.7. The molecule has 1 unspecified atom stereocenters. The molecular weight excluding hydrogens is 470 g/mol. The number of nitrogens with one attached hydrogen (secondary N) is 1. The van der Waals surface area contributed by atoms with E-state index in [-0.39, 0.29) is 24.2 Å². The smallest absolute Gasteiger partial charge is 0.475 e. The molecule has 0 radical (unpaired) electrons. The maximum Gasteiger partial charge on any atom is 0.490 e. The molecule has 2 aromatic carbocycles. The van der Waals surface area contributed by atoms with Crippen LogP contribution in [0.3, 0.4) is 0 Å². The highest BCUT2D eigenvalue weighted by molar-refractivity contribution is 5.78. The number of rotatable bonds is 6. The Morgan fingerprint density at radius 2 is 1.77 bits per heavy atom. The minimum atomic E-state index is -5.08. The zero-order valence-electron chi connectivity index (χ0n) is 18.5. The Morgan fingerprint density at radius 1 is 1.11 bits per heavy atom. The number of nitrogens with zero attached hydrogens (tertiary/aromatic N) is 2. The predicted octanol–water partition coefficient (Wildman–Crippen LogP) is 3.68. The van der Waals surface area contributed by atoms with Gasteiger partial charge in [0, 0.05) is 12.7 Å². The van der Waals surface area contributed by atoms with Crippen LogP contribution in [-0.4, -0.2) is 46.1 Å². The first-order valence-electron chi connectivity index (χ1n) is 10.7.